The molecule has 0 spiro atoms. The van der Waals surface area contributed by atoms with Crippen molar-refractivity contribution in [1.29, 1.82) is 0 Å². The molecule has 0 radical (unpaired) electrons. The number of benzene rings is 2. The third-order valence-electron chi connectivity index (χ3n) is 2.78. The Balaban J connectivity index is 1.92. The summed E-state index contributed by atoms with van der Waals surface area (Å²) in [4.78, 5) is 11.1. The SMILES string of the molecule is NC(=O)c1cccc(CNCc2cccc(O)c2)c1. The van der Waals surface area contributed by atoms with Crippen molar-refractivity contribution < 1.29 is 9.90 Å². The van der Waals surface area contributed by atoms with E-state index in [1.54, 1.807) is 30.3 Å². The number of carbonyl (C=O) groups excluding carboxylic acids is 1. The third kappa shape index (κ3) is 3.82. The van der Waals surface area contributed by atoms with Crippen LogP contribution in [0, 0.1) is 0 Å². The van der Waals surface area contributed by atoms with Crippen molar-refractivity contribution in [3.63, 3.8) is 0 Å². The fraction of sp³-hybridized carbons (Fsp3) is 0.133. The lowest BCUT2D eigenvalue weighted by Gasteiger charge is -2.06. The Morgan fingerprint density at radius 3 is 2.32 bits per heavy atom. The standard InChI is InChI=1S/C15H16N2O2/c16-15(19)13-5-1-3-11(7-13)9-17-10-12-4-2-6-14(18)8-12/h1-8,17-18H,9-10H2,(H2,16,19). The van der Waals surface area contributed by atoms with Crippen LogP contribution >= 0.6 is 0 Å². The van der Waals surface area contributed by atoms with Crippen LogP contribution in [0.5, 0.6) is 5.75 Å². The van der Waals surface area contributed by atoms with Crippen LogP contribution in [0.1, 0.15) is 21.5 Å². The smallest absolute Gasteiger partial charge is 0.248 e. The van der Waals surface area contributed by atoms with Crippen LogP contribution in [-0.4, -0.2) is 11.0 Å². The number of nitrogens with one attached hydrogen (secondary N) is 1. The minimum atomic E-state index is -0.421. The van der Waals surface area contributed by atoms with Crippen LogP contribution in [-0.2, 0) is 13.1 Å². The van der Waals surface area contributed by atoms with Gasteiger partial charge in [0, 0.05) is 18.7 Å². The summed E-state index contributed by atoms with van der Waals surface area (Å²) in [6, 6.07) is 14.3. The number of rotatable bonds is 5. The molecule has 2 aromatic rings. The van der Waals surface area contributed by atoms with E-state index < -0.39 is 5.91 Å². The van der Waals surface area contributed by atoms with E-state index in [-0.39, 0.29) is 5.75 Å². The first-order valence-electron chi connectivity index (χ1n) is 6.02. The molecule has 2 aromatic carbocycles. The van der Waals surface area contributed by atoms with Crippen molar-refractivity contribution in [3.05, 3.63) is 65.2 Å². The summed E-state index contributed by atoms with van der Waals surface area (Å²) in [5.74, 6) is -0.162. The molecule has 4 N–H and O–H groups in total. The summed E-state index contributed by atoms with van der Waals surface area (Å²) < 4.78 is 0. The van der Waals surface area contributed by atoms with E-state index >= 15 is 0 Å². The molecule has 0 aliphatic rings. The number of primary amides is 1. The fourth-order valence-corrected chi connectivity index (χ4v) is 1.85. The number of amides is 1. The van der Waals surface area contributed by atoms with Crippen molar-refractivity contribution >= 4 is 5.91 Å². The highest BCUT2D eigenvalue weighted by Gasteiger charge is 2.01. The molecule has 0 saturated carbocycles. The van der Waals surface area contributed by atoms with Gasteiger partial charge in [0.15, 0.2) is 0 Å². The van der Waals surface area contributed by atoms with E-state index in [0.717, 1.165) is 11.1 Å². The van der Waals surface area contributed by atoms with Gasteiger partial charge in [-0.1, -0.05) is 24.3 Å². The van der Waals surface area contributed by atoms with Crippen LogP contribution in [0.25, 0.3) is 0 Å². The lowest BCUT2D eigenvalue weighted by molar-refractivity contribution is 0.1000. The Morgan fingerprint density at radius 2 is 1.68 bits per heavy atom. The second kappa shape index (κ2) is 6.02. The molecule has 4 nitrogen and oxygen atoms in total. The molecule has 98 valence electrons. The van der Waals surface area contributed by atoms with Gasteiger partial charge in [0.25, 0.3) is 0 Å². The van der Waals surface area contributed by atoms with Gasteiger partial charge in [0.1, 0.15) is 5.75 Å². The molecule has 0 aromatic heterocycles. The van der Waals surface area contributed by atoms with Gasteiger partial charge in [-0.15, -0.1) is 0 Å². The van der Waals surface area contributed by atoms with Gasteiger partial charge in [-0.3, -0.25) is 4.79 Å². The van der Waals surface area contributed by atoms with Gasteiger partial charge in [-0.25, -0.2) is 0 Å². The predicted molar refractivity (Wildman–Crippen MR) is 73.6 cm³/mol. The van der Waals surface area contributed by atoms with Gasteiger partial charge < -0.3 is 16.2 Å². The fourth-order valence-electron chi connectivity index (χ4n) is 1.85. The Kier molecular flexibility index (Phi) is 4.15. The zero-order chi connectivity index (χ0) is 13.7. The Bertz CT molecular complexity index is 582. The monoisotopic (exact) mass is 256 g/mol. The van der Waals surface area contributed by atoms with Gasteiger partial charge in [0.05, 0.1) is 0 Å². The Hall–Kier alpha value is -2.33. The maximum absolute atomic E-state index is 11.1. The molecular formula is C15H16N2O2. The molecule has 1 amide bonds. The molecule has 0 fully saturated rings. The molecule has 0 aliphatic carbocycles. The first kappa shape index (κ1) is 13.1. The largest absolute Gasteiger partial charge is 0.508 e. The molecule has 2 rings (SSSR count). The van der Waals surface area contributed by atoms with Crippen molar-refractivity contribution in [2.45, 2.75) is 13.1 Å². The number of aromatic hydroxyl groups is 1. The minimum absolute atomic E-state index is 0.259. The normalized spacial score (nSPS) is 10.3. The lowest BCUT2D eigenvalue weighted by Crippen LogP contribution is -2.14. The first-order valence-corrected chi connectivity index (χ1v) is 6.02. The molecule has 0 heterocycles. The topological polar surface area (TPSA) is 75.4 Å². The Labute approximate surface area is 111 Å². The molecule has 0 bridgehead atoms. The third-order valence-corrected chi connectivity index (χ3v) is 2.78. The average molecular weight is 256 g/mol. The predicted octanol–water partition coefficient (Wildman–Crippen LogP) is 1.78. The summed E-state index contributed by atoms with van der Waals surface area (Å²) >= 11 is 0. The summed E-state index contributed by atoms with van der Waals surface area (Å²) in [6.45, 7) is 1.28. The van der Waals surface area contributed by atoms with E-state index in [2.05, 4.69) is 5.32 Å². The van der Waals surface area contributed by atoms with E-state index in [1.165, 1.54) is 0 Å². The molecule has 0 unspecified atom stereocenters. The zero-order valence-corrected chi connectivity index (χ0v) is 10.5. The highest BCUT2D eigenvalue weighted by atomic mass is 16.3. The van der Waals surface area contributed by atoms with Crippen molar-refractivity contribution in [3.8, 4) is 5.75 Å². The maximum atomic E-state index is 11.1. The van der Waals surface area contributed by atoms with Crippen LogP contribution in [0.15, 0.2) is 48.5 Å². The molecule has 0 atom stereocenters. The highest BCUT2D eigenvalue weighted by molar-refractivity contribution is 5.92. The zero-order valence-electron chi connectivity index (χ0n) is 10.5. The average Bonchev–Trinajstić information content (AvgIpc) is 2.39. The van der Waals surface area contributed by atoms with E-state index in [0.29, 0.717) is 18.7 Å². The number of phenols is 1. The number of hydrogen-bond donors (Lipinski definition) is 3. The molecule has 0 aliphatic heterocycles. The number of hydrogen-bond acceptors (Lipinski definition) is 3. The molecule has 4 heteroatoms. The van der Waals surface area contributed by atoms with Crippen molar-refractivity contribution in [2.24, 2.45) is 5.73 Å². The number of phenolic OH excluding ortho intramolecular Hbond substituents is 1. The molecular weight excluding hydrogens is 240 g/mol. The second-order valence-corrected chi connectivity index (χ2v) is 4.34. The van der Waals surface area contributed by atoms with Crippen LogP contribution in [0.3, 0.4) is 0 Å². The highest BCUT2D eigenvalue weighted by Crippen LogP contribution is 2.11. The maximum Gasteiger partial charge on any atom is 0.248 e. The summed E-state index contributed by atoms with van der Waals surface area (Å²) in [5.41, 5.74) is 7.75. The Morgan fingerprint density at radius 1 is 1.05 bits per heavy atom. The van der Waals surface area contributed by atoms with E-state index in [4.69, 9.17) is 5.73 Å². The summed E-state index contributed by atoms with van der Waals surface area (Å²) in [6.07, 6.45) is 0. The second-order valence-electron chi connectivity index (χ2n) is 4.34. The quantitative estimate of drug-likeness (QED) is 0.763. The number of nitrogens with two attached hydrogens (primary N) is 1. The van der Waals surface area contributed by atoms with Crippen molar-refractivity contribution in [2.75, 3.05) is 0 Å². The van der Waals surface area contributed by atoms with Gasteiger partial charge in [-0.2, -0.15) is 0 Å². The van der Waals surface area contributed by atoms with Crippen molar-refractivity contribution in [1.82, 2.24) is 5.32 Å². The first-order chi connectivity index (χ1) is 9.15. The van der Waals surface area contributed by atoms with Gasteiger partial charge in [-0.05, 0) is 35.4 Å². The number of carbonyl (C=O) groups is 1. The van der Waals surface area contributed by atoms with Crippen LogP contribution < -0.4 is 11.1 Å². The van der Waals surface area contributed by atoms with Gasteiger partial charge >= 0.3 is 0 Å². The summed E-state index contributed by atoms with van der Waals surface area (Å²) in [7, 11) is 0. The van der Waals surface area contributed by atoms with E-state index in [9.17, 15) is 9.90 Å². The lowest BCUT2D eigenvalue weighted by atomic mass is 10.1. The van der Waals surface area contributed by atoms with E-state index in [1.807, 2.05) is 18.2 Å². The van der Waals surface area contributed by atoms with Crippen LogP contribution in [0.4, 0.5) is 0 Å². The molecule has 0 saturated heterocycles. The molecule has 19 heavy (non-hydrogen) atoms. The van der Waals surface area contributed by atoms with Gasteiger partial charge in [0.2, 0.25) is 5.91 Å². The minimum Gasteiger partial charge on any atom is -0.508 e. The van der Waals surface area contributed by atoms with Crippen LogP contribution in [0.2, 0.25) is 0 Å². The summed E-state index contributed by atoms with van der Waals surface area (Å²) in [5, 5.41) is 12.6.